The number of nitrogens with one attached hydrogen (secondary N) is 1. The van der Waals surface area contributed by atoms with Gasteiger partial charge in [0.25, 0.3) is 0 Å². The van der Waals surface area contributed by atoms with E-state index in [4.69, 9.17) is 5.73 Å². The van der Waals surface area contributed by atoms with Crippen LogP contribution in [0, 0.1) is 0 Å². The van der Waals surface area contributed by atoms with Crippen LogP contribution in [0.25, 0.3) is 0 Å². The van der Waals surface area contributed by atoms with E-state index in [1.165, 1.54) is 0 Å². The van der Waals surface area contributed by atoms with E-state index in [0.717, 1.165) is 25.1 Å². The minimum Gasteiger partial charge on any atom is -0.399 e. The van der Waals surface area contributed by atoms with Crippen molar-refractivity contribution in [1.82, 2.24) is 4.90 Å². The van der Waals surface area contributed by atoms with Gasteiger partial charge in [-0.15, -0.1) is 0 Å². The topological polar surface area (TPSA) is 58.4 Å². The molecule has 1 unspecified atom stereocenters. The van der Waals surface area contributed by atoms with Crippen LogP contribution in [0.1, 0.15) is 33.1 Å². The molecule has 4 heteroatoms. The van der Waals surface area contributed by atoms with Crippen LogP contribution >= 0.6 is 0 Å². The van der Waals surface area contributed by atoms with Crippen LogP contribution in [0.4, 0.5) is 11.4 Å². The number of amides is 1. The van der Waals surface area contributed by atoms with Gasteiger partial charge in [-0.05, 0) is 51.6 Å². The van der Waals surface area contributed by atoms with E-state index in [1.807, 2.05) is 12.1 Å². The molecule has 0 spiro atoms. The number of nitrogens with zero attached hydrogens (tertiary/aromatic N) is 1. The minimum atomic E-state index is 0.0446. The normalized spacial score (nSPS) is 12.4. The maximum Gasteiger partial charge on any atom is 0.224 e. The molecular weight excluding hydrogens is 238 g/mol. The highest BCUT2D eigenvalue weighted by Crippen LogP contribution is 2.12. The molecule has 0 aliphatic carbocycles. The molecule has 0 heterocycles. The highest BCUT2D eigenvalue weighted by molar-refractivity contribution is 5.91. The van der Waals surface area contributed by atoms with Crippen molar-refractivity contribution in [3.63, 3.8) is 0 Å². The van der Waals surface area contributed by atoms with Crippen molar-refractivity contribution in [2.45, 2.75) is 39.2 Å². The molecule has 19 heavy (non-hydrogen) atoms. The molecule has 1 amide bonds. The third kappa shape index (κ3) is 5.75. The zero-order valence-corrected chi connectivity index (χ0v) is 12.1. The van der Waals surface area contributed by atoms with Gasteiger partial charge in [-0.2, -0.15) is 0 Å². The Hall–Kier alpha value is -1.55. The summed E-state index contributed by atoms with van der Waals surface area (Å²) in [6.07, 6.45) is 2.54. The van der Waals surface area contributed by atoms with Crippen molar-refractivity contribution in [3.8, 4) is 0 Å². The maximum atomic E-state index is 11.8. The Balaban J connectivity index is 2.29. The van der Waals surface area contributed by atoms with E-state index in [9.17, 15) is 4.79 Å². The maximum absolute atomic E-state index is 11.8. The first-order valence-electron chi connectivity index (χ1n) is 6.88. The smallest absolute Gasteiger partial charge is 0.224 e. The Morgan fingerprint density at radius 1 is 1.47 bits per heavy atom. The number of anilines is 2. The summed E-state index contributed by atoms with van der Waals surface area (Å²) in [5.41, 5.74) is 7.09. The first-order chi connectivity index (χ1) is 9.02. The molecule has 1 atom stereocenters. The number of nitrogens with two attached hydrogens (primary N) is 1. The molecule has 0 aliphatic heterocycles. The predicted molar refractivity (Wildman–Crippen MR) is 81.1 cm³/mol. The van der Waals surface area contributed by atoms with Crippen LogP contribution in [0.3, 0.4) is 0 Å². The number of nitrogen functional groups attached to an aromatic ring is 1. The number of benzene rings is 1. The van der Waals surface area contributed by atoms with Crippen molar-refractivity contribution < 1.29 is 4.79 Å². The van der Waals surface area contributed by atoms with E-state index in [-0.39, 0.29) is 5.91 Å². The van der Waals surface area contributed by atoms with E-state index >= 15 is 0 Å². The van der Waals surface area contributed by atoms with Crippen molar-refractivity contribution in [2.75, 3.05) is 24.6 Å². The van der Waals surface area contributed by atoms with Gasteiger partial charge in [-0.1, -0.05) is 13.0 Å². The molecule has 0 saturated carbocycles. The lowest BCUT2D eigenvalue weighted by atomic mass is 10.2. The van der Waals surface area contributed by atoms with Gasteiger partial charge >= 0.3 is 0 Å². The van der Waals surface area contributed by atoms with Gasteiger partial charge in [-0.25, -0.2) is 0 Å². The summed E-state index contributed by atoms with van der Waals surface area (Å²) in [5, 5.41) is 2.86. The van der Waals surface area contributed by atoms with E-state index in [0.29, 0.717) is 18.2 Å². The molecule has 1 rings (SSSR count). The Morgan fingerprint density at radius 3 is 2.84 bits per heavy atom. The number of rotatable bonds is 7. The molecule has 0 aliphatic rings. The van der Waals surface area contributed by atoms with Crippen LogP contribution in [-0.2, 0) is 4.79 Å². The second kappa shape index (κ2) is 7.79. The average Bonchev–Trinajstić information content (AvgIpc) is 2.37. The summed E-state index contributed by atoms with van der Waals surface area (Å²) >= 11 is 0. The lowest BCUT2D eigenvalue weighted by Gasteiger charge is -2.23. The van der Waals surface area contributed by atoms with Gasteiger partial charge in [0.2, 0.25) is 5.91 Å². The fourth-order valence-corrected chi connectivity index (χ4v) is 1.86. The van der Waals surface area contributed by atoms with Crippen LogP contribution in [0.15, 0.2) is 24.3 Å². The third-order valence-electron chi connectivity index (χ3n) is 3.43. The largest absolute Gasteiger partial charge is 0.399 e. The SMILES string of the molecule is CCC(C)N(C)CCCC(=O)Nc1cccc(N)c1. The Labute approximate surface area is 116 Å². The standard InChI is InChI=1S/C15H25N3O/c1-4-12(2)18(3)10-6-9-15(19)17-14-8-5-7-13(16)11-14/h5,7-8,11-12H,4,6,9-10,16H2,1-3H3,(H,17,19). The number of hydrogen-bond donors (Lipinski definition) is 2. The first-order valence-corrected chi connectivity index (χ1v) is 6.88. The summed E-state index contributed by atoms with van der Waals surface area (Å²) in [6.45, 7) is 5.32. The van der Waals surface area contributed by atoms with Gasteiger partial charge in [-0.3, -0.25) is 4.79 Å². The van der Waals surface area contributed by atoms with Gasteiger partial charge in [0.1, 0.15) is 0 Å². The molecule has 1 aromatic carbocycles. The van der Waals surface area contributed by atoms with Gasteiger partial charge in [0, 0.05) is 23.8 Å². The van der Waals surface area contributed by atoms with Crippen LogP contribution in [0.2, 0.25) is 0 Å². The summed E-state index contributed by atoms with van der Waals surface area (Å²) in [5.74, 6) is 0.0446. The summed E-state index contributed by atoms with van der Waals surface area (Å²) in [7, 11) is 2.10. The lowest BCUT2D eigenvalue weighted by Crippen LogP contribution is -2.29. The van der Waals surface area contributed by atoms with Crippen molar-refractivity contribution >= 4 is 17.3 Å². The predicted octanol–water partition coefficient (Wildman–Crippen LogP) is 2.72. The third-order valence-corrected chi connectivity index (χ3v) is 3.43. The molecule has 0 saturated heterocycles. The molecular formula is C15H25N3O. The van der Waals surface area contributed by atoms with E-state index < -0.39 is 0 Å². The molecule has 0 radical (unpaired) electrons. The molecule has 0 fully saturated rings. The number of carbonyl (C=O) groups excluding carboxylic acids is 1. The highest BCUT2D eigenvalue weighted by atomic mass is 16.1. The monoisotopic (exact) mass is 263 g/mol. The average molecular weight is 263 g/mol. The summed E-state index contributed by atoms with van der Waals surface area (Å²) < 4.78 is 0. The highest BCUT2D eigenvalue weighted by Gasteiger charge is 2.08. The van der Waals surface area contributed by atoms with Crippen molar-refractivity contribution in [3.05, 3.63) is 24.3 Å². The fourth-order valence-electron chi connectivity index (χ4n) is 1.86. The Bertz CT molecular complexity index is 406. The quantitative estimate of drug-likeness (QED) is 0.744. The minimum absolute atomic E-state index is 0.0446. The second-order valence-corrected chi connectivity index (χ2v) is 5.02. The van der Waals surface area contributed by atoms with Gasteiger partial charge in [0.15, 0.2) is 0 Å². The zero-order chi connectivity index (χ0) is 14.3. The van der Waals surface area contributed by atoms with Gasteiger partial charge in [0.05, 0.1) is 0 Å². The molecule has 0 bridgehead atoms. The first kappa shape index (κ1) is 15.5. The van der Waals surface area contributed by atoms with Crippen LogP contribution in [0.5, 0.6) is 0 Å². The van der Waals surface area contributed by atoms with E-state index in [2.05, 4.69) is 31.1 Å². The Kier molecular flexibility index (Phi) is 6.36. The zero-order valence-electron chi connectivity index (χ0n) is 12.1. The summed E-state index contributed by atoms with van der Waals surface area (Å²) in [4.78, 5) is 14.1. The molecule has 1 aromatic rings. The lowest BCUT2D eigenvalue weighted by molar-refractivity contribution is -0.116. The van der Waals surface area contributed by atoms with Crippen molar-refractivity contribution in [1.29, 1.82) is 0 Å². The van der Waals surface area contributed by atoms with Crippen molar-refractivity contribution in [2.24, 2.45) is 0 Å². The molecule has 4 nitrogen and oxygen atoms in total. The number of carbonyl (C=O) groups is 1. The Morgan fingerprint density at radius 2 is 2.21 bits per heavy atom. The second-order valence-electron chi connectivity index (χ2n) is 5.02. The van der Waals surface area contributed by atoms with E-state index in [1.54, 1.807) is 12.1 Å². The van der Waals surface area contributed by atoms with Gasteiger partial charge < -0.3 is 16.0 Å². The van der Waals surface area contributed by atoms with Crippen LogP contribution < -0.4 is 11.1 Å². The molecule has 3 N–H and O–H groups in total. The number of hydrogen-bond acceptors (Lipinski definition) is 3. The summed E-state index contributed by atoms with van der Waals surface area (Å²) in [6, 6.07) is 7.82. The van der Waals surface area contributed by atoms with Crippen LogP contribution in [-0.4, -0.2) is 30.4 Å². The molecule has 106 valence electrons. The molecule has 0 aromatic heterocycles. The fraction of sp³-hybridized carbons (Fsp3) is 0.533.